The smallest absolute Gasteiger partial charge is 0.414 e. The van der Waals surface area contributed by atoms with E-state index in [0.29, 0.717) is 16.8 Å². The first-order valence-corrected chi connectivity index (χ1v) is 10.7. The van der Waals surface area contributed by atoms with Crippen LogP contribution in [-0.2, 0) is 9.53 Å². The minimum Gasteiger partial charge on any atom is -0.442 e. The molecule has 174 valence electrons. The molecule has 0 aliphatic carbocycles. The fourth-order valence-corrected chi connectivity index (χ4v) is 3.71. The summed E-state index contributed by atoms with van der Waals surface area (Å²) in [4.78, 5) is 24.5. The van der Waals surface area contributed by atoms with E-state index in [4.69, 9.17) is 4.74 Å². The van der Waals surface area contributed by atoms with Gasteiger partial charge < -0.3 is 15.4 Å². The van der Waals surface area contributed by atoms with Crippen LogP contribution in [0.5, 0.6) is 0 Å². The number of hydrogen-bond acceptors (Lipinski definition) is 6. The summed E-state index contributed by atoms with van der Waals surface area (Å²) in [5.74, 6) is -1.32. The normalized spacial score (nSPS) is 18.6. The Morgan fingerprint density at radius 2 is 2.00 bits per heavy atom. The molecule has 0 aromatic heterocycles. The second-order valence-electron chi connectivity index (χ2n) is 7.90. The number of rotatable bonds is 6. The average Bonchev–Trinajstić information content (AvgIpc) is 3.18. The monoisotopic (exact) mass is 457 g/mol. The number of benzene rings is 2. The molecule has 0 unspecified atom stereocenters. The first-order valence-electron chi connectivity index (χ1n) is 10.7. The maximum Gasteiger partial charge on any atom is 0.414 e. The lowest BCUT2D eigenvalue weighted by atomic mass is 10.0. The van der Waals surface area contributed by atoms with Gasteiger partial charge in [0.15, 0.2) is 0 Å². The second-order valence-corrected chi connectivity index (χ2v) is 7.90. The number of cyclic esters (lactones) is 1. The first-order chi connectivity index (χ1) is 15.9. The molecule has 33 heavy (non-hydrogen) atoms. The Labute approximate surface area is 190 Å². The lowest BCUT2D eigenvalue weighted by molar-refractivity contribution is -0.119. The standard InChI is InChI=1S/C23H25F2N5O3/c1-15(31)27-13-19-14-30(23(32)33-19)18-4-5-20(22(25)11-18)16-2-3-17(21(24)10-16)12-28-29-8-6-26-7-9-29/h2-5,10-12,19,26H,6-9,13-14H2,1H3,(H,27,31)/b28-12+/t19-/m0/s1. The Hall–Kier alpha value is -3.53. The zero-order valence-electron chi connectivity index (χ0n) is 18.2. The molecule has 2 aliphatic heterocycles. The van der Waals surface area contributed by atoms with Crippen molar-refractivity contribution in [2.45, 2.75) is 13.0 Å². The van der Waals surface area contributed by atoms with Crippen molar-refractivity contribution in [3.63, 3.8) is 0 Å². The molecule has 2 heterocycles. The quantitative estimate of drug-likeness (QED) is 0.651. The molecule has 4 rings (SSSR count). The van der Waals surface area contributed by atoms with E-state index >= 15 is 0 Å². The number of piperazine rings is 1. The van der Waals surface area contributed by atoms with Gasteiger partial charge in [-0.2, -0.15) is 5.10 Å². The number of hydrazone groups is 1. The maximum atomic E-state index is 14.9. The zero-order valence-corrected chi connectivity index (χ0v) is 18.2. The average molecular weight is 457 g/mol. The summed E-state index contributed by atoms with van der Waals surface area (Å²) in [5.41, 5.74) is 1.24. The summed E-state index contributed by atoms with van der Waals surface area (Å²) >= 11 is 0. The van der Waals surface area contributed by atoms with E-state index in [-0.39, 0.29) is 24.6 Å². The molecule has 2 fully saturated rings. The largest absolute Gasteiger partial charge is 0.442 e. The summed E-state index contributed by atoms with van der Waals surface area (Å²) < 4.78 is 34.7. The van der Waals surface area contributed by atoms with Crippen LogP contribution in [0.15, 0.2) is 41.5 Å². The van der Waals surface area contributed by atoms with Crippen molar-refractivity contribution in [1.82, 2.24) is 15.6 Å². The van der Waals surface area contributed by atoms with Gasteiger partial charge in [0.05, 0.1) is 25.0 Å². The highest BCUT2D eigenvalue weighted by Crippen LogP contribution is 2.30. The summed E-state index contributed by atoms with van der Waals surface area (Å²) in [6.45, 7) is 4.92. The SMILES string of the molecule is CC(=O)NC[C@H]1CN(c2ccc(-c3ccc(/C=N/N4CCNCC4)c(F)c3)c(F)c2)C(=O)O1. The number of nitrogens with zero attached hydrogens (tertiary/aromatic N) is 3. The molecule has 2 amide bonds. The third kappa shape index (κ3) is 5.46. The van der Waals surface area contributed by atoms with Crippen LogP contribution in [0, 0.1) is 11.6 Å². The Morgan fingerprint density at radius 3 is 2.70 bits per heavy atom. The van der Waals surface area contributed by atoms with Gasteiger partial charge in [-0.05, 0) is 35.9 Å². The van der Waals surface area contributed by atoms with Crippen LogP contribution in [-0.4, -0.2) is 68.6 Å². The molecule has 0 bridgehead atoms. The van der Waals surface area contributed by atoms with Crippen LogP contribution < -0.4 is 15.5 Å². The predicted octanol–water partition coefficient (Wildman–Crippen LogP) is 2.33. The van der Waals surface area contributed by atoms with Crippen LogP contribution in [0.25, 0.3) is 11.1 Å². The highest BCUT2D eigenvalue weighted by Gasteiger charge is 2.32. The topological polar surface area (TPSA) is 86.3 Å². The van der Waals surface area contributed by atoms with Crippen LogP contribution in [0.2, 0.25) is 0 Å². The lowest BCUT2D eigenvalue weighted by Gasteiger charge is -2.24. The maximum absolute atomic E-state index is 14.9. The molecule has 8 nitrogen and oxygen atoms in total. The van der Waals surface area contributed by atoms with Gasteiger partial charge >= 0.3 is 6.09 Å². The van der Waals surface area contributed by atoms with E-state index in [2.05, 4.69) is 15.7 Å². The van der Waals surface area contributed by atoms with E-state index in [1.54, 1.807) is 18.2 Å². The number of ether oxygens (including phenoxy) is 1. The van der Waals surface area contributed by atoms with E-state index in [9.17, 15) is 18.4 Å². The van der Waals surface area contributed by atoms with Crippen molar-refractivity contribution >= 4 is 23.9 Å². The summed E-state index contributed by atoms with van der Waals surface area (Å²) in [5, 5.41) is 12.0. The minimum atomic E-state index is -0.614. The number of carbonyl (C=O) groups is 2. The molecule has 0 spiro atoms. The first kappa shape index (κ1) is 22.7. The van der Waals surface area contributed by atoms with Crippen molar-refractivity contribution < 1.29 is 23.1 Å². The third-order valence-corrected chi connectivity index (χ3v) is 5.48. The summed E-state index contributed by atoms with van der Waals surface area (Å²) in [6, 6.07) is 8.77. The fraction of sp³-hybridized carbons (Fsp3) is 0.348. The summed E-state index contributed by atoms with van der Waals surface area (Å²) in [6.07, 6.45) is 0.339. The third-order valence-electron chi connectivity index (χ3n) is 5.48. The number of amides is 2. The Kier molecular flexibility index (Phi) is 6.83. The van der Waals surface area contributed by atoms with Crippen LogP contribution >= 0.6 is 0 Å². The molecule has 2 aromatic carbocycles. The van der Waals surface area contributed by atoms with E-state index in [0.717, 1.165) is 26.2 Å². The second kappa shape index (κ2) is 9.95. The van der Waals surface area contributed by atoms with Gasteiger partial charge in [0, 0.05) is 44.2 Å². The Balaban J connectivity index is 1.46. The van der Waals surface area contributed by atoms with Gasteiger partial charge in [0.25, 0.3) is 0 Å². The number of anilines is 1. The molecular weight excluding hydrogens is 432 g/mol. The molecule has 2 saturated heterocycles. The molecular formula is C23H25F2N5O3. The van der Waals surface area contributed by atoms with E-state index < -0.39 is 23.8 Å². The summed E-state index contributed by atoms with van der Waals surface area (Å²) in [7, 11) is 0. The zero-order chi connectivity index (χ0) is 23.4. The van der Waals surface area contributed by atoms with Crippen LogP contribution in [0.1, 0.15) is 12.5 Å². The van der Waals surface area contributed by atoms with Gasteiger partial charge in [0.1, 0.15) is 17.7 Å². The number of halogens is 2. The van der Waals surface area contributed by atoms with Gasteiger partial charge in [-0.25, -0.2) is 13.6 Å². The fourth-order valence-electron chi connectivity index (χ4n) is 3.71. The Morgan fingerprint density at radius 1 is 1.21 bits per heavy atom. The van der Waals surface area contributed by atoms with Gasteiger partial charge in [-0.15, -0.1) is 0 Å². The molecule has 2 N–H and O–H groups in total. The van der Waals surface area contributed by atoms with Crippen molar-refractivity contribution in [3.8, 4) is 11.1 Å². The molecule has 10 heteroatoms. The van der Waals surface area contributed by atoms with Gasteiger partial charge in [0.2, 0.25) is 5.91 Å². The number of carbonyl (C=O) groups excluding carboxylic acids is 2. The van der Waals surface area contributed by atoms with Crippen LogP contribution in [0.3, 0.4) is 0 Å². The van der Waals surface area contributed by atoms with Gasteiger partial charge in [-0.1, -0.05) is 6.07 Å². The van der Waals surface area contributed by atoms with E-state index in [1.165, 1.54) is 36.2 Å². The van der Waals surface area contributed by atoms with Crippen LogP contribution in [0.4, 0.5) is 19.3 Å². The predicted molar refractivity (Wildman–Crippen MR) is 120 cm³/mol. The highest BCUT2D eigenvalue weighted by molar-refractivity contribution is 5.90. The lowest BCUT2D eigenvalue weighted by Crippen LogP contribution is -2.40. The van der Waals surface area contributed by atoms with Crippen molar-refractivity contribution in [3.05, 3.63) is 53.6 Å². The molecule has 2 aliphatic rings. The minimum absolute atomic E-state index is 0.182. The highest BCUT2D eigenvalue weighted by atomic mass is 19.1. The molecule has 0 saturated carbocycles. The van der Waals surface area contributed by atoms with E-state index in [1.807, 2.05) is 5.01 Å². The Bertz CT molecular complexity index is 1070. The number of hydrogen-bond donors (Lipinski definition) is 2. The van der Waals surface area contributed by atoms with Crippen molar-refractivity contribution in [1.29, 1.82) is 0 Å². The van der Waals surface area contributed by atoms with Crippen molar-refractivity contribution in [2.75, 3.05) is 44.2 Å². The number of nitrogens with one attached hydrogen (secondary N) is 2. The van der Waals surface area contributed by atoms with Gasteiger partial charge in [-0.3, -0.25) is 14.7 Å². The molecule has 0 radical (unpaired) electrons. The van der Waals surface area contributed by atoms with Crippen molar-refractivity contribution in [2.24, 2.45) is 5.10 Å². The molecule has 1 atom stereocenters. The molecule has 2 aromatic rings.